The van der Waals surface area contributed by atoms with Crippen molar-refractivity contribution in [2.45, 2.75) is 128 Å². The van der Waals surface area contributed by atoms with Gasteiger partial charge in [-0.05, 0) is 18.4 Å². The Morgan fingerprint density at radius 3 is 1.92 bits per heavy atom. The lowest BCUT2D eigenvalue weighted by Gasteiger charge is -2.33. The number of aliphatic hydroxyl groups is 2. The summed E-state index contributed by atoms with van der Waals surface area (Å²) < 4.78 is 45.9. The Morgan fingerprint density at radius 2 is 1.37 bits per heavy atom. The van der Waals surface area contributed by atoms with E-state index in [1.54, 1.807) is 30.3 Å². The standard InChI is InChI=1S/C27H50NO8PS/c1-3-5-7-9-10-11-12-17-21-38(34,35)28-24(20-16-8-6-4-2)25(29)26(27(30)37(31,32)33)36-22-23-18-14-13-15-19-23/h13-15,18-19,24-30H,3-12,16-17,20-22H2,1-2H3,(H2,31,32,33). The third-order valence-corrected chi connectivity index (χ3v) is 9.11. The first-order valence-electron chi connectivity index (χ1n) is 14.1. The molecule has 0 bridgehead atoms. The molecule has 0 amide bonds. The number of unbranched alkanes of at least 4 members (excludes halogenated alkanes) is 10. The van der Waals surface area contributed by atoms with Gasteiger partial charge in [0.05, 0.1) is 24.5 Å². The Morgan fingerprint density at radius 1 is 0.842 bits per heavy atom. The Bertz CT molecular complexity index is 880. The second-order valence-electron chi connectivity index (χ2n) is 10.1. The van der Waals surface area contributed by atoms with Gasteiger partial charge in [0.1, 0.15) is 6.10 Å². The van der Waals surface area contributed by atoms with Gasteiger partial charge >= 0.3 is 7.60 Å². The normalized spacial score (nSPS) is 15.7. The van der Waals surface area contributed by atoms with Crippen molar-refractivity contribution in [2.24, 2.45) is 0 Å². The van der Waals surface area contributed by atoms with E-state index in [0.717, 1.165) is 44.9 Å². The van der Waals surface area contributed by atoms with E-state index in [0.29, 0.717) is 18.4 Å². The SMILES string of the molecule is CCCCCCCCCCS(=O)(=O)NC(CCCCCC)C(O)C(OCc1ccccc1)C(O)P(=O)(O)O. The zero-order chi connectivity index (χ0) is 28.4. The first kappa shape index (κ1) is 35.2. The number of hydrogen-bond acceptors (Lipinski definition) is 6. The zero-order valence-electron chi connectivity index (χ0n) is 23.1. The summed E-state index contributed by atoms with van der Waals surface area (Å²) in [7, 11) is -8.83. The smallest absolute Gasteiger partial charge is 0.356 e. The molecule has 4 atom stereocenters. The summed E-state index contributed by atoms with van der Waals surface area (Å²) in [6.07, 6.45) is 8.26. The summed E-state index contributed by atoms with van der Waals surface area (Å²) in [6.45, 7) is 4.09. The van der Waals surface area contributed by atoms with E-state index in [4.69, 9.17) is 4.74 Å². The fourth-order valence-electron chi connectivity index (χ4n) is 4.35. The van der Waals surface area contributed by atoms with Crippen LogP contribution in [0.15, 0.2) is 30.3 Å². The van der Waals surface area contributed by atoms with Crippen LogP contribution in [-0.4, -0.2) is 58.3 Å². The van der Waals surface area contributed by atoms with E-state index in [2.05, 4.69) is 11.6 Å². The lowest BCUT2D eigenvalue weighted by molar-refractivity contribution is -0.0979. The second kappa shape index (κ2) is 19.3. The van der Waals surface area contributed by atoms with Crippen molar-refractivity contribution in [3.63, 3.8) is 0 Å². The number of nitrogens with one attached hydrogen (secondary N) is 1. The molecule has 0 aliphatic rings. The van der Waals surface area contributed by atoms with Crippen LogP contribution >= 0.6 is 7.60 Å². The van der Waals surface area contributed by atoms with Crippen LogP contribution in [0.2, 0.25) is 0 Å². The molecular formula is C27H50NO8PS. The van der Waals surface area contributed by atoms with Crippen LogP contribution in [0.1, 0.15) is 103 Å². The van der Waals surface area contributed by atoms with Crippen LogP contribution in [0.3, 0.4) is 0 Å². The van der Waals surface area contributed by atoms with Crippen molar-refractivity contribution >= 4 is 17.6 Å². The van der Waals surface area contributed by atoms with Gasteiger partial charge in [-0.1, -0.05) is 115 Å². The van der Waals surface area contributed by atoms with Crippen LogP contribution in [0.25, 0.3) is 0 Å². The van der Waals surface area contributed by atoms with Gasteiger partial charge in [-0.15, -0.1) is 0 Å². The molecule has 0 heterocycles. The summed E-state index contributed by atoms with van der Waals surface area (Å²) in [5.74, 6) is -2.41. The Kier molecular flexibility index (Phi) is 17.8. The minimum absolute atomic E-state index is 0.100. The molecule has 9 nitrogen and oxygen atoms in total. The fourth-order valence-corrected chi connectivity index (χ4v) is 6.42. The van der Waals surface area contributed by atoms with E-state index in [-0.39, 0.29) is 18.8 Å². The molecule has 11 heteroatoms. The third-order valence-electron chi connectivity index (χ3n) is 6.64. The number of hydrogen-bond donors (Lipinski definition) is 5. The average Bonchev–Trinajstić information content (AvgIpc) is 2.87. The van der Waals surface area contributed by atoms with Gasteiger partial charge in [-0.2, -0.15) is 0 Å². The molecule has 0 aromatic heterocycles. The molecule has 4 unspecified atom stereocenters. The first-order chi connectivity index (χ1) is 18.0. The average molecular weight is 580 g/mol. The predicted molar refractivity (Wildman–Crippen MR) is 151 cm³/mol. The van der Waals surface area contributed by atoms with E-state index < -0.39 is 41.7 Å². The molecular weight excluding hydrogens is 529 g/mol. The van der Waals surface area contributed by atoms with Crippen LogP contribution in [-0.2, 0) is 25.9 Å². The van der Waals surface area contributed by atoms with Crippen molar-refractivity contribution in [2.75, 3.05) is 5.75 Å². The summed E-state index contributed by atoms with van der Waals surface area (Å²) in [5, 5.41) is 21.6. The van der Waals surface area contributed by atoms with Crippen molar-refractivity contribution in [3.8, 4) is 0 Å². The molecule has 5 N–H and O–H groups in total. The number of rotatable bonds is 23. The largest absolute Gasteiger partial charge is 0.389 e. The van der Waals surface area contributed by atoms with Crippen molar-refractivity contribution in [3.05, 3.63) is 35.9 Å². The molecule has 0 aliphatic carbocycles. The van der Waals surface area contributed by atoms with Crippen LogP contribution in [0, 0.1) is 0 Å². The topological polar surface area (TPSA) is 153 Å². The highest BCUT2D eigenvalue weighted by atomic mass is 32.2. The highest BCUT2D eigenvalue weighted by Gasteiger charge is 2.43. The van der Waals surface area contributed by atoms with E-state index in [9.17, 15) is 33.0 Å². The Labute approximate surface area is 229 Å². The van der Waals surface area contributed by atoms with Gasteiger partial charge in [0, 0.05) is 0 Å². The maximum Gasteiger partial charge on any atom is 0.356 e. The van der Waals surface area contributed by atoms with Gasteiger partial charge in [-0.25, -0.2) is 13.1 Å². The lowest BCUT2D eigenvalue weighted by Crippen LogP contribution is -2.53. The van der Waals surface area contributed by atoms with Gasteiger partial charge in [0.2, 0.25) is 10.0 Å². The number of benzene rings is 1. The molecule has 0 aliphatic heterocycles. The highest BCUT2D eigenvalue weighted by molar-refractivity contribution is 7.89. The van der Waals surface area contributed by atoms with Gasteiger partial charge < -0.3 is 24.7 Å². The molecule has 1 aromatic rings. The van der Waals surface area contributed by atoms with Crippen LogP contribution < -0.4 is 4.72 Å². The lowest BCUT2D eigenvalue weighted by atomic mass is 9.99. The summed E-state index contributed by atoms with van der Waals surface area (Å²) >= 11 is 0. The zero-order valence-corrected chi connectivity index (χ0v) is 24.8. The van der Waals surface area contributed by atoms with Gasteiger partial charge in [-0.3, -0.25) is 4.57 Å². The van der Waals surface area contributed by atoms with E-state index >= 15 is 0 Å². The molecule has 38 heavy (non-hydrogen) atoms. The van der Waals surface area contributed by atoms with E-state index in [1.165, 1.54) is 19.3 Å². The Balaban J connectivity index is 2.90. The molecule has 0 radical (unpaired) electrons. The molecule has 0 saturated carbocycles. The van der Waals surface area contributed by atoms with Gasteiger partial charge in [0.15, 0.2) is 5.85 Å². The fraction of sp³-hybridized carbons (Fsp3) is 0.778. The van der Waals surface area contributed by atoms with E-state index in [1.807, 2.05) is 6.92 Å². The second-order valence-corrected chi connectivity index (χ2v) is 13.7. The third kappa shape index (κ3) is 15.1. The molecule has 0 saturated heterocycles. The highest BCUT2D eigenvalue weighted by Crippen LogP contribution is 2.43. The quantitative estimate of drug-likeness (QED) is 0.0913. The number of aliphatic hydroxyl groups excluding tert-OH is 2. The van der Waals surface area contributed by atoms with Crippen LogP contribution in [0.5, 0.6) is 0 Å². The summed E-state index contributed by atoms with van der Waals surface area (Å²) in [5.41, 5.74) is 0.678. The summed E-state index contributed by atoms with van der Waals surface area (Å²) in [4.78, 5) is 19.3. The van der Waals surface area contributed by atoms with Crippen molar-refractivity contribution in [1.29, 1.82) is 0 Å². The number of sulfonamides is 1. The maximum atomic E-state index is 12.9. The molecule has 1 aromatic carbocycles. The monoisotopic (exact) mass is 579 g/mol. The molecule has 0 spiro atoms. The van der Waals surface area contributed by atoms with Gasteiger partial charge in [0.25, 0.3) is 0 Å². The van der Waals surface area contributed by atoms with Crippen LogP contribution in [0.4, 0.5) is 0 Å². The summed E-state index contributed by atoms with van der Waals surface area (Å²) in [6, 6.07) is 7.74. The minimum atomic E-state index is -5.06. The Hall–Kier alpha value is -0.840. The molecule has 222 valence electrons. The number of ether oxygens (including phenoxy) is 1. The molecule has 1 rings (SSSR count). The maximum absolute atomic E-state index is 12.9. The van der Waals surface area contributed by atoms with Crippen molar-refractivity contribution < 1.29 is 37.7 Å². The predicted octanol–water partition coefficient (Wildman–Crippen LogP) is 4.83. The molecule has 0 fully saturated rings. The van der Waals surface area contributed by atoms with Crippen molar-refractivity contribution in [1.82, 2.24) is 4.72 Å². The first-order valence-corrected chi connectivity index (χ1v) is 17.4. The minimum Gasteiger partial charge on any atom is -0.389 e.